The summed E-state index contributed by atoms with van der Waals surface area (Å²) >= 11 is 0. The van der Waals surface area contributed by atoms with E-state index in [0.29, 0.717) is 11.6 Å². The first kappa shape index (κ1) is 11.9. The van der Waals surface area contributed by atoms with E-state index in [0.717, 1.165) is 32.6 Å². The van der Waals surface area contributed by atoms with Gasteiger partial charge in [0.05, 0.1) is 24.3 Å². The molecular formula is C12H15N7. The van der Waals surface area contributed by atoms with Crippen LogP contribution < -0.4 is 0 Å². The maximum Gasteiger partial charge on any atom is 0.137 e. The molecule has 0 saturated carbocycles. The molecule has 7 nitrogen and oxygen atoms in total. The van der Waals surface area contributed by atoms with Crippen molar-refractivity contribution in [1.82, 2.24) is 29.4 Å². The van der Waals surface area contributed by atoms with Crippen LogP contribution in [0.5, 0.6) is 0 Å². The van der Waals surface area contributed by atoms with E-state index in [9.17, 15) is 0 Å². The van der Waals surface area contributed by atoms with E-state index in [1.807, 2.05) is 15.6 Å². The van der Waals surface area contributed by atoms with Crippen LogP contribution in [0.15, 0.2) is 25.0 Å². The first-order valence-corrected chi connectivity index (χ1v) is 6.34. The quantitative estimate of drug-likeness (QED) is 0.787. The third-order valence-corrected chi connectivity index (χ3v) is 3.46. The smallest absolute Gasteiger partial charge is 0.137 e. The van der Waals surface area contributed by atoms with Crippen LogP contribution in [0.1, 0.15) is 18.0 Å². The van der Waals surface area contributed by atoms with Crippen molar-refractivity contribution in [3.63, 3.8) is 0 Å². The van der Waals surface area contributed by atoms with Crippen LogP contribution in [0.4, 0.5) is 0 Å². The van der Waals surface area contributed by atoms with Gasteiger partial charge in [-0.25, -0.2) is 4.98 Å². The molecule has 1 saturated heterocycles. The minimum Gasteiger partial charge on any atom is -0.299 e. The lowest BCUT2D eigenvalue weighted by molar-refractivity contribution is 0.299. The van der Waals surface area contributed by atoms with Gasteiger partial charge < -0.3 is 0 Å². The molecule has 3 rings (SSSR count). The molecule has 1 aliphatic rings. The van der Waals surface area contributed by atoms with Gasteiger partial charge in [0.25, 0.3) is 0 Å². The second kappa shape index (κ2) is 5.20. The molecule has 0 amide bonds. The van der Waals surface area contributed by atoms with E-state index < -0.39 is 0 Å². The Morgan fingerprint density at radius 1 is 1.37 bits per heavy atom. The number of nitriles is 1. The average Bonchev–Trinajstić information content (AvgIpc) is 3.16. The van der Waals surface area contributed by atoms with Crippen molar-refractivity contribution >= 4 is 0 Å². The topological polar surface area (TPSA) is 75.6 Å². The lowest BCUT2D eigenvalue weighted by Gasteiger charge is -2.15. The maximum absolute atomic E-state index is 8.81. The van der Waals surface area contributed by atoms with E-state index in [1.54, 1.807) is 18.9 Å². The number of likely N-dealkylation sites (tertiary alicyclic amines) is 1. The van der Waals surface area contributed by atoms with Crippen molar-refractivity contribution in [2.75, 3.05) is 19.6 Å². The summed E-state index contributed by atoms with van der Waals surface area (Å²) in [6, 6.07) is 2.48. The highest BCUT2D eigenvalue weighted by Gasteiger charge is 2.24. The van der Waals surface area contributed by atoms with Crippen molar-refractivity contribution in [2.45, 2.75) is 19.0 Å². The number of hydrogen-bond donors (Lipinski definition) is 0. The van der Waals surface area contributed by atoms with Crippen molar-refractivity contribution in [1.29, 1.82) is 5.26 Å². The molecule has 0 bridgehead atoms. The van der Waals surface area contributed by atoms with Crippen LogP contribution in [0, 0.1) is 11.3 Å². The standard InChI is InChI=1S/C12H15N7/c13-5-11-6-15-19(7-11)12-1-2-17(8-12)3-4-18-10-14-9-16-18/h6-7,9-10,12H,1-4,8H2. The SMILES string of the molecule is N#Cc1cnn(C2CCN(CCn3cncn3)C2)c1. The molecule has 1 fully saturated rings. The predicted molar refractivity (Wildman–Crippen MR) is 67.1 cm³/mol. The van der Waals surface area contributed by atoms with Crippen LogP contribution >= 0.6 is 0 Å². The molecule has 1 atom stereocenters. The molecule has 2 aromatic rings. The van der Waals surface area contributed by atoms with E-state index in [-0.39, 0.29) is 0 Å². The van der Waals surface area contributed by atoms with Gasteiger partial charge in [-0.15, -0.1) is 0 Å². The van der Waals surface area contributed by atoms with E-state index in [4.69, 9.17) is 5.26 Å². The molecule has 3 heterocycles. The number of aromatic nitrogens is 5. The Bertz CT molecular complexity index is 565. The Morgan fingerprint density at radius 3 is 3.05 bits per heavy atom. The molecule has 2 aromatic heterocycles. The molecule has 0 aromatic carbocycles. The highest BCUT2D eigenvalue weighted by atomic mass is 15.3. The zero-order valence-electron chi connectivity index (χ0n) is 10.6. The van der Waals surface area contributed by atoms with Gasteiger partial charge in [0.15, 0.2) is 0 Å². The molecule has 98 valence electrons. The molecule has 0 spiro atoms. The van der Waals surface area contributed by atoms with Crippen LogP contribution in [0.2, 0.25) is 0 Å². The zero-order valence-corrected chi connectivity index (χ0v) is 10.6. The van der Waals surface area contributed by atoms with Crippen LogP contribution in [-0.4, -0.2) is 49.1 Å². The minimum atomic E-state index is 0.373. The van der Waals surface area contributed by atoms with Crippen LogP contribution in [0.25, 0.3) is 0 Å². The number of nitrogens with zero attached hydrogens (tertiary/aromatic N) is 7. The fraction of sp³-hybridized carbons (Fsp3) is 0.500. The molecule has 0 aliphatic carbocycles. The molecule has 0 radical (unpaired) electrons. The second-order valence-electron chi connectivity index (χ2n) is 4.72. The minimum absolute atomic E-state index is 0.373. The van der Waals surface area contributed by atoms with E-state index in [1.165, 1.54) is 0 Å². The van der Waals surface area contributed by atoms with Gasteiger partial charge >= 0.3 is 0 Å². The summed E-state index contributed by atoms with van der Waals surface area (Å²) in [7, 11) is 0. The fourth-order valence-corrected chi connectivity index (χ4v) is 2.42. The second-order valence-corrected chi connectivity index (χ2v) is 4.72. The van der Waals surface area contributed by atoms with Gasteiger partial charge in [-0.3, -0.25) is 14.3 Å². The van der Waals surface area contributed by atoms with E-state index >= 15 is 0 Å². The summed E-state index contributed by atoms with van der Waals surface area (Å²) in [5, 5.41) is 17.2. The first-order chi connectivity index (χ1) is 9.35. The number of hydrogen-bond acceptors (Lipinski definition) is 5. The van der Waals surface area contributed by atoms with Gasteiger partial charge in [0, 0.05) is 25.8 Å². The Labute approximate surface area is 111 Å². The Morgan fingerprint density at radius 2 is 2.32 bits per heavy atom. The molecule has 1 aliphatic heterocycles. The summed E-state index contributed by atoms with van der Waals surface area (Å²) in [5.41, 5.74) is 0.626. The zero-order chi connectivity index (χ0) is 13.1. The monoisotopic (exact) mass is 257 g/mol. The fourth-order valence-electron chi connectivity index (χ4n) is 2.42. The molecular weight excluding hydrogens is 242 g/mol. The maximum atomic E-state index is 8.81. The van der Waals surface area contributed by atoms with Crippen molar-refractivity contribution in [3.05, 3.63) is 30.6 Å². The Balaban J connectivity index is 1.54. The first-order valence-electron chi connectivity index (χ1n) is 6.34. The third-order valence-electron chi connectivity index (χ3n) is 3.46. The van der Waals surface area contributed by atoms with E-state index in [2.05, 4.69) is 26.2 Å². The lowest BCUT2D eigenvalue weighted by atomic mass is 10.3. The van der Waals surface area contributed by atoms with Gasteiger partial charge in [0.2, 0.25) is 0 Å². The summed E-state index contributed by atoms with van der Waals surface area (Å²) in [5.74, 6) is 0. The number of rotatable bonds is 4. The van der Waals surface area contributed by atoms with Gasteiger partial charge in [-0.05, 0) is 6.42 Å². The largest absolute Gasteiger partial charge is 0.299 e. The molecule has 0 N–H and O–H groups in total. The highest BCUT2D eigenvalue weighted by Crippen LogP contribution is 2.20. The van der Waals surface area contributed by atoms with Crippen LogP contribution in [-0.2, 0) is 6.54 Å². The summed E-state index contributed by atoms with van der Waals surface area (Å²) in [6.07, 6.45) is 7.81. The average molecular weight is 257 g/mol. The van der Waals surface area contributed by atoms with Crippen molar-refractivity contribution < 1.29 is 0 Å². The summed E-state index contributed by atoms with van der Waals surface area (Å²) < 4.78 is 3.75. The highest BCUT2D eigenvalue weighted by molar-refractivity contribution is 5.22. The van der Waals surface area contributed by atoms with Gasteiger partial charge in [-0.1, -0.05) is 0 Å². The Kier molecular flexibility index (Phi) is 3.25. The van der Waals surface area contributed by atoms with Crippen molar-refractivity contribution in [2.24, 2.45) is 0 Å². The predicted octanol–water partition coefficient (Wildman–Crippen LogP) is 0.293. The normalized spacial score (nSPS) is 19.6. The molecule has 7 heteroatoms. The lowest BCUT2D eigenvalue weighted by Crippen LogP contribution is -2.26. The molecule has 19 heavy (non-hydrogen) atoms. The van der Waals surface area contributed by atoms with Gasteiger partial charge in [-0.2, -0.15) is 15.5 Å². The third kappa shape index (κ3) is 2.63. The van der Waals surface area contributed by atoms with Gasteiger partial charge in [0.1, 0.15) is 18.7 Å². The summed E-state index contributed by atoms with van der Waals surface area (Å²) in [4.78, 5) is 6.32. The van der Waals surface area contributed by atoms with Crippen LogP contribution in [0.3, 0.4) is 0 Å². The van der Waals surface area contributed by atoms with Crippen molar-refractivity contribution in [3.8, 4) is 6.07 Å². The molecule has 1 unspecified atom stereocenters. The summed E-state index contributed by atoms with van der Waals surface area (Å²) in [6.45, 7) is 3.85. The Hall–Kier alpha value is -2.20.